The van der Waals surface area contributed by atoms with E-state index in [0.717, 1.165) is 44.9 Å². The van der Waals surface area contributed by atoms with Crippen molar-refractivity contribution in [3.8, 4) is 0 Å². The maximum Gasteiger partial charge on any atom is 0.306 e. The topological polar surface area (TPSA) is 95.9 Å². The van der Waals surface area contributed by atoms with Gasteiger partial charge < -0.3 is 20.3 Å². The summed E-state index contributed by atoms with van der Waals surface area (Å²) in [5.74, 6) is -0.468. The lowest BCUT2D eigenvalue weighted by Gasteiger charge is -2.24. The summed E-state index contributed by atoms with van der Waals surface area (Å²) < 4.78 is 5.86. The van der Waals surface area contributed by atoms with Gasteiger partial charge in [0.2, 0.25) is 5.91 Å². The number of rotatable bonds is 37. The van der Waals surface area contributed by atoms with Crippen molar-refractivity contribution in [3.63, 3.8) is 0 Å². The Morgan fingerprint density at radius 2 is 0.894 bits per heavy atom. The highest BCUT2D eigenvalue weighted by Gasteiger charge is 2.24. The Hall–Kier alpha value is -1.14. The van der Waals surface area contributed by atoms with Crippen LogP contribution in [0.4, 0.5) is 0 Å². The summed E-state index contributed by atoms with van der Waals surface area (Å²) in [5.41, 5.74) is 0. The first-order valence-corrected chi connectivity index (χ1v) is 20.8. The largest absolute Gasteiger partial charge is 0.462 e. The normalized spacial score (nSPS) is 13.4. The molecule has 0 saturated carbocycles. The van der Waals surface area contributed by atoms with Crippen LogP contribution < -0.4 is 5.32 Å². The van der Waals surface area contributed by atoms with Gasteiger partial charge in [-0.15, -0.1) is 0 Å². The minimum absolute atomic E-state index is 0.0855. The van der Waals surface area contributed by atoms with E-state index in [0.29, 0.717) is 19.3 Å². The molecular weight excluding hydrogens is 586 g/mol. The number of aliphatic hydroxyl groups is 2. The van der Waals surface area contributed by atoms with Crippen molar-refractivity contribution in [1.82, 2.24) is 5.32 Å². The minimum Gasteiger partial charge on any atom is -0.462 e. The fourth-order valence-electron chi connectivity index (χ4n) is 6.49. The summed E-state index contributed by atoms with van der Waals surface area (Å²) in [6, 6.07) is -0.688. The Labute approximate surface area is 292 Å². The van der Waals surface area contributed by atoms with Gasteiger partial charge in [0.25, 0.3) is 0 Å². The highest BCUT2D eigenvalue weighted by Crippen LogP contribution is 2.18. The fraction of sp³-hybridized carbons (Fsp3) is 0.951. The van der Waals surface area contributed by atoms with Gasteiger partial charge in [-0.1, -0.05) is 188 Å². The van der Waals surface area contributed by atoms with E-state index in [1.165, 1.54) is 135 Å². The van der Waals surface area contributed by atoms with Crippen LogP contribution >= 0.6 is 0 Å². The molecular formula is C41H81NO5. The van der Waals surface area contributed by atoms with Crippen molar-refractivity contribution in [2.45, 2.75) is 244 Å². The Balaban J connectivity index is 4.57. The molecule has 0 saturated heterocycles. The molecule has 0 heterocycles. The number of carbonyl (C=O) groups excluding carboxylic acids is 2. The molecule has 0 aliphatic heterocycles. The van der Waals surface area contributed by atoms with E-state index in [2.05, 4.69) is 26.1 Å². The van der Waals surface area contributed by atoms with Gasteiger partial charge in [-0.3, -0.25) is 9.59 Å². The van der Waals surface area contributed by atoms with Crippen LogP contribution in [0, 0.1) is 0 Å². The van der Waals surface area contributed by atoms with E-state index < -0.39 is 18.2 Å². The second-order valence-electron chi connectivity index (χ2n) is 14.4. The lowest BCUT2D eigenvalue weighted by Crippen LogP contribution is -2.46. The molecule has 0 fully saturated rings. The van der Waals surface area contributed by atoms with Crippen molar-refractivity contribution in [2.24, 2.45) is 0 Å². The second-order valence-corrected chi connectivity index (χ2v) is 14.4. The van der Waals surface area contributed by atoms with Gasteiger partial charge in [-0.2, -0.15) is 0 Å². The average molecular weight is 668 g/mol. The second kappa shape index (κ2) is 36.1. The first kappa shape index (κ1) is 45.9. The van der Waals surface area contributed by atoms with E-state index in [4.69, 9.17) is 4.74 Å². The van der Waals surface area contributed by atoms with Gasteiger partial charge in [0.05, 0.1) is 25.2 Å². The standard InChI is InChI=1S/C41H81NO5/c1-4-7-10-13-16-19-22-23-26-29-32-37(47-41(46)34-31-28-25-21-18-15-12-9-6-3)35-40(45)42-38(36-43)39(44)33-30-27-24-20-17-14-11-8-5-2/h37-39,43-44H,4-36H2,1-3H3,(H,42,45). The van der Waals surface area contributed by atoms with E-state index in [1.54, 1.807) is 0 Å². The van der Waals surface area contributed by atoms with Crippen LogP contribution in [-0.4, -0.2) is 46.9 Å². The third-order valence-electron chi connectivity index (χ3n) is 9.69. The van der Waals surface area contributed by atoms with Gasteiger partial charge in [0.15, 0.2) is 0 Å². The molecule has 0 aromatic carbocycles. The van der Waals surface area contributed by atoms with Crippen LogP contribution in [0.25, 0.3) is 0 Å². The predicted molar refractivity (Wildman–Crippen MR) is 200 cm³/mol. The van der Waals surface area contributed by atoms with Crippen LogP contribution in [-0.2, 0) is 14.3 Å². The zero-order chi connectivity index (χ0) is 34.6. The Morgan fingerprint density at radius 1 is 0.532 bits per heavy atom. The smallest absolute Gasteiger partial charge is 0.306 e. The monoisotopic (exact) mass is 668 g/mol. The van der Waals surface area contributed by atoms with Crippen LogP contribution in [0.15, 0.2) is 0 Å². The number of unbranched alkanes of at least 4 members (excludes halogenated alkanes) is 25. The number of nitrogens with one attached hydrogen (secondary N) is 1. The highest BCUT2D eigenvalue weighted by atomic mass is 16.5. The molecule has 6 nitrogen and oxygen atoms in total. The summed E-state index contributed by atoms with van der Waals surface area (Å²) in [7, 11) is 0. The summed E-state index contributed by atoms with van der Waals surface area (Å²) in [4.78, 5) is 25.8. The third-order valence-corrected chi connectivity index (χ3v) is 9.69. The minimum atomic E-state index is -0.775. The Kier molecular flexibility index (Phi) is 35.3. The summed E-state index contributed by atoms with van der Waals surface area (Å²) in [6.07, 6.45) is 34.5. The third kappa shape index (κ3) is 31.9. The van der Waals surface area contributed by atoms with Crippen LogP contribution in [0.5, 0.6) is 0 Å². The van der Waals surface area contributed by atoms with Gasteiger partial charge in [0.1, 0.15) is 6.10 Å². The molecule has 1 amide bonds. The number of amides is 1. The number of esters is 1. The van der Waals surface area contributed by atoms with Crippen LogP contribution in [0.1, 0.15) is 226 Å². The summed E-state index contributed by atoms with van der Waals surface area (Å²) in [6.45, 7) is 6.42. The molecule has 3 unspecified atom stereocenters. The lowest BCUT2D eigenvalue weighted by atomic mass is 10.0. The zero-order valence-electron chi connectivity index (χ0n) is 31.7. The van der Waals surface area contributed by atoms with Crippen molar-refractivity contribution < 1.29 is 24.5 Å². The number of hydrogen-bond donors (Lipinski definition) is 3. The van der Waals surface area contributed by atoms with Gasteiger partial charge in [-0.05, 0) is 25.7 Å². The number of hydrogen-bond acceptors (Lipinski definition) is 5. The maximum atomic E-state index is 13.0. The molecule has 3 atom stereocenters. The molecule has 0 radical (unpaired) electrons. The van der Waals surface area contributed by atoms with Crippen molar-refractivity contribution >= 4 is 11.9 Å². The van der Waals surface area contributed by atoms with E-state index >= 15 is 0 Å². The molecule has 6 heteroatoms. The number of carbonyl (C=O) groups is 2. The molecule has 0 aliphatic rings. The van der Waals surface area contributed by atoms with Crippen LogP contribution in [0.3, 0.4) is 0 Å². The molecule has 280 valence electrons. The van der Waals surface area contributed by atoms with Crippen molar-refractivity contribution in [3.05, 3.63) is 0 Å². The first-order chi connectivity index (χ1) is 23.0. The zero-order valence-corrected chi connectivity index (χ0v) is 31.7. The van der Waals surface area contributed by atoms with Gasteiger partial charge in [0, 0.05) is 6.42 Å². The van der Waals surface area contributed by atoms with Gasteiger partial charge >= 0.3 is 5.97 Å². The number of ether oxygens (including phenoxy) is 1. The Bertz CT molecular complexity index is 672. The SMILES string of the molecule is CCCCCCCCCCCCC(CC(=O)NC(CO)C(O)CCCCCCCCCCC)OC(=O)CCCCCCCCCCC. The molecule has 47 heavy (non-hydrogen) atoms. The molecule has 0 bridgehead atoms. The highest BCUT2D eigenvalue weighted by molar-refractivity contribution is 5.77. The molecule has 0 spiro atoms. The van der Waals surface area contributed by atoms with Crippen LogP contribution in [0.2, 0.25) is 0 Å². The predicted octanol–water partition coefficient (Wildman–Crippen LogP) is 11.3. The lowest BCUT2D eigenvalue weighted by molar-refractivity contribution is -0.151. The quantitative estimate of drug-likeness (QED) is 0.0452. The molecule has 0 rings (SSSR count). The van der Waals surface area contributed by atoms with E-state index in [1.807, 2.05) is 0 Å². The molecule has 0 aromatic rings. The average Bonchev–Trinajstić information content (AvgIpc) is 3.06. The first-order valence-electron chi connectivity index (χ1n) is 20.8. The number of aliphatic hydroxyl groups excluding tert-OH is 2. The fourth-order valence-corrected chi connectivity index (χ4v) is 6.49. The summed E-state index contributed by atoms with van der Waals surface area (Å²) in [5, 5.41) is 23.5. The molecule has 3 N–H and O–H groups in total. The van der Waals surface area contributed by atoms with Crippen molar-refractivity contribution in [1.29, 1.82) is 0 Å². The molecule has 0 aromatic heterocycles. The van der Waals surface area contributed by atoms with E-state index in [-0.39, 0.29) is 24.9 Å². The Morgan fingerprint density at radius 3 is 1.30 bits per heavy atom. The van der Waals surface area contributed by atoms with Gasteiger partial charge in [-0.25, -0.2) is 0 Å². The summed E-state index contributed by atoms with van der Waals surface area (Å²) >= 11 is 0. The van der Waals surface area contributed by atoms with E-state index in [9.17, 15) is 19.8 Å². The van der Waals surface area contributed by atoms with Crippen molar-refractivity contribution in [2.75, 3.05) is 6.61 Å². The maximum absolute atomic E-state index is 13.0. The molecule has 0 aliphatic carbocycles.